The molecule has 2 aromatic carbocycles. The average Bonchev–Trinajstić information content (AvgIpc) is 3.43. The second-order valence-electron chi connectivity index (χ2n) is 11.7. The number of hydrogen-bond acceptors (Lipinski definition) is 7. The van der Waals surface area contributed by atoms with Gasteiger partial charge in [0, 0.05) is 61.5 Å². The van der Waals surface area contributed by atoms with E-state index in [0.29, 0.717) is 49.6 Å². The highest BCUT2D eigenvalue weighted by Crippen LogP contribution is 2.37. The first-order valence-electron chi connectivity index (χ1n) is 15.2. The number of aliphatic imine (C=N–C) groups is 1. The minimum Gasteiger partial charge on any atom is -0.479 e. The zero-order valence-corrected chi connectivity index (χ0v) is 26.3. The number of anilines is 1. The third-order valence-electron chi connectivity index (χ3n) is 8.97. The van der Waals surface area contributed by atoms with Crippen molar-refractivity contribution in [3.05, 3.63) is 77.4 Å². The molecule has 2 unspecified atom stereocenters. The fraction of sp³-hybridized carbons (Fsp3) is 0.441. The maximum Gasteiger partial charge on any atom is 0.282 e. The lowest BCUT2D eigenvalue weighted by molar-refractivity contribution is -0.133. The van der Waals surface area contributed by atoms with E-state index in [-0.39, 0.29) is 13.0 Å². The van der Waals surface area contributed by atoms with Crippen LogP contribution < -0.4 is 4.90 Å². The zero-order chi connectivity index (χ0) is 31.4. The Morgan fingerprint density at radius 3 is 2.64 bits per heavy atom. The van der Waals surface area contributed by atoms with Gasteiger partial charge in [-0.2, -0.15) is 5.26 Å². The standard InChI is InChI=1S/C34H40ClFN6O2/c1-23(36)34(43)42-19-18-40(20-27(42)13-15-37)24(2)29-14-17-41(32-12-6-9-26-8-5-11-30(35)33(26)32)21-31(29)38-25(3)44-22-28-10-7-16-39(28)4/h5-6,8-9,11-12,27-28H,1-2,7,10,13-14,16-22H2,3-4H3/b38-25+. The molecule has 10 heteroatoms. The number of ether oxygens (including phenoxy) is 1. The quantitative estimate of drug-likeness (QED) is 0.208. The summed E-state index contributed by atoms with van der Waals surface area (Å²) >= 11 is 6.70. The van der Waals surface area contributed by atoms with Crippen molar-refractivity contribution in [2.75, 3.05) is 57.8 Å². The molecule has 3 aliphatic heterocycles. The molecule has 0 radical (unpaired) electrons. The van der Waals surface area contributed by atoms with E-state index in [4.69, 9.17) is 21.3 Å². The van der Waals surface area contributed by atoms with Crippen LogP contribution in [-0.4, -0.2) is 91.5 Å². The number of allylic oxidation sites excluding steroid dienone is 1. The Balaban J connectivity index is 1.44. The van der Waals surface area contributed by atoms with Crippen molar-refractivity contribution >= 4 is 39.9 Å². The minimum atomic E-state index is -1.01. The number of piperazine rings is 1. The molecular formula is C34H40ClFN6O2. The molecule has 44 heavy (non-hydrogen) atoms. The van der Waals surface area contributed by atoms with Gasteiger partial charge >= 0.3 is 0 Å². The number of nitriles is 1. The summed E-state index contributed by atoms with van der Waals surface area (Å²) in [5.41, 5.74) is 3.72. The van der Waals surface area contributed by atoms with Crippen LogP contribution in [0.25, 0.3) is 10.8 Å². The highest BCUT2D eigenvalue weighted by molar-refractivity contribution is 6.36. The maximum absolute atomic E-state index is 13.7. The Morgan fingerprint density at radius 2 is 1.93 bits per heavy atom. The fourth-order valence-corrected chi connectivity index (χ4v) is 6.81. The number of carbonyl (C=O) groups is 1. The van der Waals surface area contributed by atoms with Gasteiger partial charge in [0.2, 0.25) is 0 Å². The molecule has 0 N–H and O–H groups in total. The number of rotatable bonds is 8. The van der Waals surface area contributed by atoms with Crippen LogP contribution >= 0.6 is 11.6 Å². The van der Waals surface area contributed by atoms with E-state index < -0.39 is 17.8 Å². The van der Waals surface area contributed by atoms with Crippen LogP contribution in [0, 0.1) is 11.3 Å². The molecule has 2 atom stereocenters. The van der Waals surface area contributed by atoms with Crippen molar-refractivity contribution in [3.8, 4) is 6.07 Å². The Hall–Kier alpha value is -3.87. The summed E-state index contributed by atoms with van der Waals surface area (Å²) in [5.74, 6) is -1.18. The number of likely N-dealkylation sites (tertiary alicyclic amines) is 1. The van der Waals surface area contributed by atoms with Crippen LogP contribution in [0.5, 0.6) is 0 Å². The number of fused-ring (bicyclic) bond motifs is 1. The van der Waals surface area contributed by atoms with Gasteiger partial charge in [-0.25, -0.2) is 9.38 Å². The van der Waals surface area contributed by atoms with Crippen LogP contribution in [0.3, 0.4) is 0 Å². The fourth-order valence-electron chi connectivity index (χ4n) is 6.53. The van der Waals surface area contributed by atoms with Gasteiger partial charge in [-0.3, -0.25) is 4.79 Å². The van der Waals surface area contributed by atoms with Crippen molar-refractivity contribution < 1.29 is 13.9 Å². The van der Waals surface area contributed by atoms with Gasteiger partial charge in [0.15, 0.2) is 11.7 Å². The summed E-state index contributed by atoms with van der Waals surface area (Å²) < 4.78 is 19.9. The lowest BCUT2D eigenvalue weighted by Crippen LogP contribution is -2.55. The molecule has 3 heterocycles. The predicted molar refractivity (Wildman–Crippen MR) is 174 cm³/mol. The summed E-state index contributed by atoms with van der Waals surface area (Å²) in [4.78, 5) is 25.6. The summed E-state index contributed by atoms with van der Waals surface area (Å²) in [7, 11) is 2.13. The Bertz CT molecular complexity index is 1540. The summed E-state index contributed by atoms with van der Waals surface area (Å²) in [6, 6.07) is 14.2. The van der Waals surface area contributed by atoms with Crippen LogP contribution in [0.1, 0.15) is 32.6 Å². The first-order chi connectivity index (χ1) is 21.2. The van der Waals surface area contributed by atoms with Gasteiger partial charge in [-0.05, 0) is 50.4 Å². The second-order valence-corrected chi connectivity index (χ2v) is 12.1. The van der Waals surface area contributed by atoms with Gasteiger partial charge < -0.3 is 24.3 Å². The van der Waals surface area contributed by atoms with Gasteiger partial charge in [0.1, 0.15) is 6.61 Å². The Morgan fingerprint density at radius 1 is 1.16 bits per heavy atom. The van der Waals surface area contributed by atoms with Crippen molar-refractivity contribution in [3.63, 3.8) is 0 Å². The normalized spacial score (nSPS) is 21.5. The third kappa shape index (κ3) is 6.77. The molecule has 2 fully saturated rings. The molecule has 0 bridgehead atoms. The highest BCUT2D eigenvalue weighted by atomic mass is 35.5. The Labute approximate surface area is 264 Å². The van der Waals surface area contributed by atoms with Crippen molar-refractivity contribution in [2.24, 2.45) is 4.99 Å². The minimum absolute atomic E-state index is 0.0883. The third-order valence-corrected chi connectivity index (χ3v) is 9.29. The van der Waals surface area contributed by atoms with Gasteiger partial charge in [0.25, 0.3) is 5.91 Å². The lowest BCUT2D eigenvalue weighted by Gasteiger charge is -2.43. The van der Waals surface area contributed by atoms with Crippen molar-refractivity contribution in [2.45, 2.75) is 44.7 Å². The number of likely N-dealkylation sites (N-methyl/N-ethyl adjacent to an activating group) is 1. The summed E-state index contributed by atoms with van der Waals surface area (Å²) in [5, 5.41) is 12.2. The largest absolute Gasteiger partial charge is 0.479 e. The molecule has 3 aliphatic rings. The molecule has 0 saturated carbocycles. The zero-order valence-electron chi connectivity index (χ0n) is 25.6. The van der Waals surface area contributed by atoms with Gasteiger partial charge in [-0.1, -0.05) is 49.0 Å². The maximum atomic E-state index is 13.7. The molecule has 5 rings (SSSR count). The molecule has 1 amide bonds. The van der Waals surface area contributed by atoms with Crippen molar-refractivity contribution in [1.82, 2.24) is 14.7 Å². The average molecular weight is 619 g/mol. The van der Waals surface area contributed by atoms with Crippen LogP contribution in [0.4, 0.5) is 10.1 Å². The van der Waals surface area contributed by atoms with Crippen LogP contribution in [0.2, 0.25) is 5.02 Å². The van der Waals surface area contributed by atoms with E-state index in [1.165, 1.54) is 11.3 Å². The van der Waals surface area contributed by atoms with E-state index in [2.05, 4.69) is 59.2 Å². The molecule has 0 spiro atoms. The number of hydrogen-bond donors (Lipinski definition) is 0. The van der Waals surface area contributed by atoms with E-state index in [0.717, 1.165) is 52.9 Å². The number of halogens is 2. The van der Waals surface area contributed by atoms with Gasteiger partial charge in [0.05, 0.1) is 35.8 Å². The molecule has 8 nitrogen and oxygen atoms in total. The molecule has 2 saturated heterocycles. The van der Waals surface area contributed by atoms with Crippen LogP contribution in [-0.2, 0) is 9.53 Å². The first kappa shape index (κ1) is 31.6. The number of amides is 1. The Kier molecular flexibility index (Phi) is 9.92. The van der Waals surface area contributed by atoms with E-state index in [1.807, 2.05) is 25.1 Å². The van der Waals surface area contributed by atoms with E-state index in [1.54, 1.807) is 0 Å². The number of benzene rings is 2. The second kappa shape index (κ2) is 13.8. The monoisotopic (exact) mass is 618 g/mol. The first-order valence-corrected chi connectivity index (χ1v) is 15.5. The number of carbonyl (C=O) groups excluding carboxylic acids is 1. The lowest BCUT2D eigenvalue weighted by atomic mass is 9.98. The molecule has 2 aromatic rings. The molecule has 232 valence electrons. The number of nitrogens with zero attached hydrogens (tertiary/aromatic N) is 6. The van der Waals surface area contributed by atoms with Crippen molar-refractivity contribution in [1.29, 1.82) is 5.26 Å². The summed E-state index contributed by atoms with van der Waals surface area (Å²) in [6.07, 6.45) is 3.05. The smallest absolute Gasteiger partial charge is 0.282 e. The topological polar surface area (TPSA) is 75.4 Å². The predicted octanol–water partition coefficient (Wildman–Crippen LogP) is 5.91. The SMILES string of the molecule is C=C(F)C(=O)N1CCN(C(=C)C2=C(/N=C(\C)OCC3CCCN3C)CN(c3cccc4cccc(Cl)c34)CC2)CC1CC#N. The van der Waals surface area contributed by atoms with E-state index in [9.17, 15) is 14.4 Å². The molecule has 0 aliphatic carbocycles. The molecule has 0 aromatic heterocycles. The molecular weight excluding hydrogens is 579 g/mol. The highest BCUT2D eigenvalue weighted by Gasteiger charge is 2.34. The summed E-state index contributed by atoms with van der Waals surface area (Å²) in [6.45, 7) is 13.6. The van der Waals surface area contributed by atoms with Gasteiger partial charge in [-0.15, -0.1) is 0 Å². The van der Waals surface area contributed by atoms with Crippen LogP contribution in [0.15, 0.2) is 77.3 Å². The van der Waals surface area contributed by atoms with E-state index >= 15 is 0 Å².